The predicted octanol–water partition coefficient (Wildman–Crippen LogP) is 3.21. The van der Waals surface area contributed by atoms with Crippen molar-refractivity contribution in [2.45, 2.75) is 13.5 Å². The highest BCUT2D eigenvalue weighted by Gasteiger charge is 2.11. The zero-order valence-corrected chi connectivity index (χ0v) is 12.2. The van der Waals surface area contributed by atoms with Crippen molar-refractivity contribution in [3.8, 4) is 0 Å². The molecule has 0 saturated carbocycles. The summed E-state index contributed by atoms with van der Waals surface area (Å²) in [5.74, 6) is -0.398. The van der Waals surface area contributed by atoms with Gasteiger partial charge in [0.1, 0.15) is 0 Å². The van der Waals surface area contributed by atoms with E-state index in [4.69, 9.17) is 9.47 Å². The van der Waals surface area contributed by atoms with Crippen LogP contribution < -0.4 is 5.32 Å². The smallest absolute Gasteiger partial charge is 0.357 e. The molecular weight excluding hydrogens is 276 g/mol. The van der Waals surface area contributed by atoms with Crippen molar-refractivity contribution in [2.75, 3.05) is 19.0 Å². The molecule has 1 heterocycles. The van der Waals surface area contributed by atoms with E-state index in [1.807, 2.05) is 24.3 Å². The van der Waals surface area contributed by atoms with Crippen LogP contribution in [-0.4, -0.2) is 24.7 Å². The lowest BCUT2D eigenvalue weighted by Crippen LogP contribution is -2.05. The number of nitrogens with zero attached hydrogens (tertiary/aromatic N) is 1. The number of methoxy groups -OCH3 is 1. The molecule has 0 aliphatic heterocycles. The van der Waals surface area contributed by atoms with Crippen LogP contribution in [0.4, 0.5) is 10.8 Å². The van der Waals surface area contributed by atoms with Gasteiger partial charge in [0.15, 0.2) is 10.8 Å². The summed E-state index contributed by atoms with van der Waals surface area (Å²) in [5.41, 5.74) is 2.30. The van der Waals surface area contributed by atoms with Crippen molar-refractivity contribution in [2.24, 2.45) is 0 Å². The molecule has 5 nitrogen and oxygen atoms in total. The van der Waals surface area contributed by atoms with E-state index < -0.39 is 5.97 Å². The fourth-order valence-electron chi connectivity index (χ4n) is 1.66. The maximum absolute atomic E-state index is 11.5. The number of nitrogens with one attached hydrogen (secondary N) is 1. The van der Waals surface area contributed by atoms with Crippen molar-refractivity contribution in [1.29, 1.82) is 0 Å². The van der Waals surface area contributed by atoms with Gasteiger partial charge in [-0.15, -0.1) is 11.3 Å². The van der Waals surface area contributed by atoms with Crippen LogP contribution in [0.3, 0.4) is 0 Å². The van der Waals surface area contributed by atoms with E-state index in [0.717, 1.165) is 11.3 Å². The van der Waals surface area contributed by atoms with Crippen molar-refractivity contribution >= 4 is 28.1 Å². The second-order valence-corrected chi connectivity index (χ2v) is 4.87. The predicted molar refractivity (Wildman–Crippen MR) is 78.5 cm³/mol. The number of hydrogen-bond acceptors (Lipinski definition) is 6. The summed E-state index contributed by atoms with van der Waals surface area (Å²) in [6.07, 6.45) is 0. The van der Waals surface area contributed by atoms with Crippen LogP contribution in [-0.2, 0) is 16.1 Å². The van der Waals surface area contributed by atoms with Gasteiger partial charge in [-0.3, -0.25) is 0 Å². The molecule has 1 aromatic heterocycles. The van der Waals surface area contributed by atoms with E-state index >= 15 is 0 Å². The minimum atomic E-state index is -0.398. The third-order valence-corrected chi connectivity index (χ3v) is 3.24. The summed E-state index contributed by atoms with van der Waals surface area (Å²) < 4.78 is 10.00. The van der Waals surface area contributed by atoms with E-state index in [0.29, 0.717) is 24.0 Å². The van der Waals surface area contributed by atoms with Crippen LogP contribution in [0.1, 0.15) is 23.0 Å². The number of anilines is 2. The lowest BCUT2D eigenvalue weighted by atomic mass is 10.2. The lowest BCUT2D eigenvalue weighted by Gasteiger charge is -2.05. The number of ether oxygens (including phenoxy) is 2. The molecular formula is C14H16N2O3S. The molecule has 0 radical (unpaired) electrons. The molecule has 0 aliphatic rings. The minimum Gasteiger partial charge on any atom is -0.461 e. The first-order chi connectivity index (χ1) is 9.72. The van der Waals surface area contributed by atoms with Crippen molar-refractivity contribution in [3.05, 3.63) is 40.9 Å². The van der Waals surface area contributed by atoms with E-state index in [2.05, 4.69) is 10.3 Å². The van der Waals surface area contributed by atoms with Gasteiger partial charge in [0, 0.05) is 18.2 Å². The monoisotopic (exact) mass is 292 g/mol. The zero-order valence-electron chi connectivity index (χ0n) is 11.4. The normalized spacial score (nSPS) is 10.3. The van der Waals surface area contributed by atoms with Crippen LogP contribution in [0.2, 0.25) is 0 Å². The van der Waals surface area contributed by atoms with Crippen molar-refractivity contribution < 1.29 is 14.3 Å². The number of thiazole rings is 1. The van der Waals surface area contributed by atoms with Crippen molar-refractivity contribution in [1.82, 2.24) is 4.98 Å². The number of benzene rings is 1. The third-order valence-electron chi connectivity index (χ3n) is 2.48. The first-order valence-electron chi connectivity index (χ1n) is 6.20. The van der Waals surface area contributed by atoms with Gasteiger partial charge in [0.2, 0.25) is 0 Å². The number of carbonyl (C=O) groups is 1. The molecule has 0 aliphatic carbocycles. The Bertz CT molecular complexity index is 583. The van der Waals surface area contributed by atoms with Gasteiger partial charge < -0.3 is 14.8 Å². The van der Waals surface area contributed by atoms with Crippen LogP contribution in [0, 0.1) is 0 Å². The van der Waals surface area contributed by atoms with Gasteiger partial charge in [-0.2, -0.15) is 0 Å². The second kappa shape index (κ2) is 7.02. The SMILES string of the molecule is CCOC(=O)c1csc(Nc2cccc(COC)c2)n1. The molecule has 6 heteroatoms. The molecule has 0 amide bonds. The molecule has 1 aromatic carbocycles. The molecule has 0 atom stereocenters. The minimum absolute atomic E-state index is 0.326. The highest BCUT2D eigenvalue weighted by atomic mass is 32.1. The Labute approximate surface area is 121 Å². The largest absolute Gasteiger partial charge is 0.461 e. The fraction of sp³-hybridized carbons (Fsp3) is 0.286. The Morgan fingerprint density at radius 3 is 3.05 bits per heavy atom. The first-order valence-corrected chi connectivity index (χ1v) is 7.08. The summed E-state index contributed by atoms with van der Waals surface area (Å²) >= 11 is 1.36. The Balaban J connectivity index is 2.06. The molecule has 20 heavy (non-hydrogen) atoms. The molecule has 0 saturated heterocycles. The summed E-state index contributed by atoms with van der Waals surface area (Å²) in [5, 5.41) is 5.50. The van der Waals surface area contributed by atoms with E-state index in [9.17, 15) is 4.79 Å². The quantitative estimate of drug-likeness (QED) is 0.828. The molecule has 1 N–H and O–H groups in total. The maximum atomic E-state index is 11.5. The second-order valence-electron chi connectivity index (χ2n) is 4.02. The lowest BCUT2D eigenvalue weighted by molar-refractivity contribution is 0.0520. The molecule has 106 valence electrons. The van der Waals surface area contributed by atoms with Gasteiger partial charge in [-0.05, 0) is 24.6 Å². The molecule has 2 rings (SSSR count). The Morgan fingerprint density at radius 2 is 2.30 bits per heavy atom. The average molecular weight is 292 g/mol. The number of aromatic nitrogens is 1. The van der Waals surface area contributed by atoms with E-state index in [-0.39, 0.29) is 0 Å². The van der Waals surface area contributed by atoms with Gasteiger partial charge >= 0.3 is 5.97 Å². The van der Waals surface area contributed by atoms with E-state index in [1.165, 1.54) is 11.3 Å². The molecule has 0 spiro atoms. The zero-order chi connectivity index (χ0) is 14.4. The summed E-state index contributed by atoms with van der Waals surface area (Å²) in [4.78, 5) is 15.7. The highest BCUT2D eigenvalue weighted by molar-refractivity contribution is 7.14. The average Bonchev–Trinajstić information content (AvgIpc) is 2.88. The topological polar surface area (TPSA) is 60.5 Å². The van der Waals surface area contributed by atoms with Crippen molar-refractivity contribution in [3.63, 3.8) is 0 Å². The maximum Gasteiger partial charge on any atom is 0.357 e. The fourth-order valence-corrected chi connectivity index (χ4v) is 2.36. The number of esters is 1. The van der Waals surface area contributed by atoms with Gasteiger partial charge in [0.25, 0.3) is 0 Å². The standard InChI is InChI=1S/C14H16N2O3S/c1-3-19-13(17)12-9-20-14(16-12)15-11-6-4-5-10(7-11)8-18-2/h4-7,9H,3,8H2,1-2H3,(H,15,16). The molecule has 0 unspecified atom stereocenters. The summed E-state index contributed by atoms with van der Waals surface area (Å²) in [6.45, 7) is 2.67. The summed E-state index contributed by atoms with van der Waals surface area (Å²) in [7, 11) is 1.66. The van der Waals surface area contributed by atoms with Crippen LogP contribution in [0.5, 0.6) is 0 Å². The molecule has 0 bridgehead atoms. The Hall–Kier alpha value is -1.92. The van der Waals surface area contributed by atoms with Gasteiger partial charge in [-0.25, -0.2) is 9.78 Å². The highest BCUT2D eigenvalue weighted by Crippen LogP contribution is 2.22. The van der Waals surface area contributed by atoms with E-state index in [1.54, 1.807) is 19.4 Å². The van der Waals surface area contributed by atoms with Gasteiger partial charge in [0.05, 0.1) is 13.2 Å². The Kier molecular flexibility index (Phi) is 5.09. The van der Waals surface area contributed by atoms with Crippen LogP contribution in [0.15, 0.2) is 29.6 Å². The van der Waals surface area contributed by atoms with Crippen LogP contribution in [0.25, 0.3) is 0 Å². The molecule has 2 aromatic rings. The van der Waals surface area contributed by atoms with Crippen LogP contribution >= 0.6 is 11.3 Å². The number of rotatable bonds is 6. The number of hydrogen-bond donors (Lipinski definition) is 1. The van der Waals surface area contributed by atoms with Gasteiger partial charge in [-0.1, -0.05) is 12.1 Å². The molecule has 0 fully saturated rings. The number of carbonyl (C=O) groups excluding carboxylic acids is 1. The summed E-state index contributed by atoms with van der Waals surface area (Å²) in [6, 6.07) is 7.84. The Morgan fingerprint density at radius 1 is 1.45 bits per heavy atom. The third kappa shape index (κ3) is 3.79. The first kappa shape index (κ1) is 14.5.